The lowest BCUT2D eigenvalue weighted by Crippen LogP contribution is -2.33. The summed E-state index contributed by atoms with van der Waals surface area (Å²) in [6, 6.07) is 6.60. The van der Waals surface area contributed by atoms with E-state index < -0.39 is 0 Å². The molecule has 0 aliphatic carbocycles. The highest BCUT2D eigenvalue weighted by molar-refractivity contribution is 5.44. The van der Waals surface area contributed by atoms with E-state index in [-0.39, 0.29) is 0 Å². The van der Waals surface area contributed by atoms with E-state index in [0.29, 0.717) is 6.04 Å². The van der Waals surface area contributed by atoms with E-state index in [4.69, 9.17) is 9.47 Å². The van der Waals surface area contributed by atoms with Crippen LogP contribution in [0.3, 0.4) is 0 Å². The standard InChI is InChI=1S/C16H26N2O2/c1-4-18(5-2)12-14(17-3)13-7-8-15-16(11-13)20-10-6-9-19-15/h7-8,11,14,17H,4-6,9-10,12H2,1-3H3. The van der Waals surface area contributed by atoms with Gasteiger partial charge in [-0.2, -0.15) is 0 Å². The molecule has 1 aliphatic rings. The Balaban J connectivity index is 2.15. The van der Waals surface area contributed by atoms with E-state index in [1.807, 2.05) is 13.1 Å². The van der Waals surface area contributed by atoms with Crippen molar-refractivity contribution in [2.45, 2.75) is 26.3 Å². The molecular formula is C16H26N2O2. The van der Waals surface area contributed by atoms with Crippen molar-refractivity contribution in [3.8, 4) is 11.5 Å². The van der Waals surface area contributed by atoms with Crippen LogP contribution in [-0.4, -0.2) is 44.8 Å². The van der Waals surface area contributed by atoms with Crippen LogP contribution in [0.15, 0.2) is 18.2 Å². The summed E-state index contributed by atoms with van der Waals surface area (Å²) in [5.74, 6) is 1.74. The van der Waals surface area contributed by atoms with Gasteiger partial charge in [0.1, 0.15) is 0 Å². The third kappa shape index (κ3) is 3.64. The highest BCUT2D eigenvalue weighted by Gasteiger charge is 2.16. The molecule has 1 aliphatic heterocycles. The minimum absolute atomic E-state index is 0.312. The summed E-state index contributed by atoms with van der Waals surface area (Å²) in [6.45, 7) is 9.01. The van der Waals surface area contributed by atoms with Crippen molar-refractivity contribution in [2.24, 2.45) is 0 Å². The molecule has 4 nitrogen and oxygen atoms in total. The molecule has 0 bridgehead atoms. The second-order valence-electron chi connectivity index (χ2n) is 5.08. The molecule has 1 aromatic rings. The van der Waals surface area contributed by atoms with Crippen LogP contribution < -0.4 is 14.8 Å². The Morgan fingerprint density at radius 2 is 1.85 bits per heavy atom. The Hall–Kier alpha value is -1.26. The van der Waals surface area contributed by atoms with Gasteiger partial charge in [0.05, 0.1) is 13.2 Å². The van der Waals surface area contributed by atoms with Crippen LogP contribution in [0.1, 0.15) is 31.9 Å². The summed E-state index contributed by atoms with van der Waals surface area (Å²) in [4.78, 5) is 2.42. The summed E-state index contributed by atoms with van der Waals surface area (Å²) in [6.07, 6.45) is 0.943. The molecule has 0 saturated carbocycles. The molecule has 1 unspecified atom stereocenters. The van der Waals surface area contributed by atoms with Crippen LogP contribution >= 0.6 is 0 Å². The van der Waals surface area contributed by atoms with Crippen LogP contribution in [0, 0.1) is 0 Å². The Morgan fingerprint density at radius 3 is 2.50 bits per heavy atom. The van der Waals surface area contributed by atoms with Gasteiger partial charge in [0.25, 0.3) is 0 Å². The van der Waals surface area contributed by atoms with Crippen molar-refractivity contribution < 1.29 is 9.47 Å². The molecule has 112 valence electrons. The number of nitrogens with zero attached hydrogens (tertiary/aromatic N) is 1. The number of benzene rings is 1. The van der Waals surface area contributed by atoms with E-state index in [1.165, 1.54) is 5.56 Å². The number of likely N-dealkylation sites (N-methyl/N-ethyl adjacent to an activating group) is 2. The fraction of sp³-hybridized carbons (Fsp3) is 0.625. The maximum atomic E-state index is 5.78. The molecule has 0 amide bonds. The van der Waals surface area contributed by atoms with Gasteiger partial charge >= 0.3 is 0 Å². The number of hydrogen-bond donors (Lipinski definition) is 1. The summed E-state index contributed by atoms with van der Waals surface area (Å²) in [7, 11) is 2.01. The minimum atomic E-state index is 0.312. The van der Waals surface area contributed by atoms with E-state index in [1.54, 1.807) is 0 Å². The van der Waals surface area contributed by atoms with Crippen LogP contribution in [0.25, 0.3) is 0 Å². The summed E-state index contributed by atoms with van der Waals surface area (Å²) in [5.41, 5.74) is 1.25. The van der Waals surface area contributed by atoms with Gasteiger partial charge in [-0.1, -0.05) is 19.9 Å². The molecule has 0 spiro atoms. The first-order valence-corrected chi connectivity index (χ1v) is 7.57. The van der Waals surface area contributed by atoms with Crippen molar-refractivity contribution in [3.05, 3.63) is 23.8 Å². The Morgan fingerprint density at radius 1 is 1.15 bits per heavy atom. The number of hydrogen-bond acceptors (Lipinski definition) is 4. The lowest BCUT2D eigenvalue weighted by Gasteiger charge is -2.25. The zero-order chi connectivity index (χ0) is 14.4. The van der Waals surface area contributed by atoms with Gasteiger partial charge in [0.2, 0.25) is 0 Å². The zero-order valence-electron chi connectivity index (χ0n) is 12.8. The normalized spacial score (nSPS) is 16.0. The van der Waals surface area contributed by atoms with Gasteiger partial charge in [0.15, 0.2) is 11.5 Å². The van der Waals surface area contributed by atoms with E-state index in [2.05, 4.69) is 36.2 Å². The first-order valence-electron chi connectivity index (χ1n) is 7.57. The van der Waals surface area contributed by atoms with Gasteiger partial charge in [0, 0.05) is 19.0 Å². The first kappa shape index (κ1) is 15.1. The molecule has 20 heavy (non-hydrogen) atoms. The van der Waals surface area contributed by atoms with Crippen LogP contribution in [0.2, 0.25) is 0 Å². The summed E-state index contributed by atoms with van der Waals surface area (Å²) < 4.78 is 11.5. The van der Waals surface area contributed by atoms with Gasteiger partial charge in [-0.15, -0.1) is 0 Å². The second-order valence-corrected chi connectivity index (χ2v) is 5.08. The van der Waals surface area contributed by atoms with Gasteiger partial charge in [-0.05, 0) is 37.8 Å². The van der Waals surface area contributed by atoms with Crippen molar-refractivity contribution >= 4 is 0 Å². The van der Waals surface area contributed by atoms with Crippen molar-refractivity contribution in [1.29, 1.82) is 0 Å². The Bertz CT molecular complexity index is 419. The Labute approximate surface area is 122 Å². The van der Waals surface area contributed by atoms with Gasteiger partial charge < -0.3 is 19.7 Å². The highest BCUT2D eigenvalue weighted by atomic mass is 16.5. The van der Waals surface area contributed by atoms with E-state index >= 15 is 0 Å². The Kier molecular flexibility index (Phi) is 5.68. The average molecular weight is 278 g/mol. The second kappa shape index (κ2) is 7.50. The topological polar surface area (TPSA) is 33.7 Å². The smallest absolute Gasteiger partial charge is 0.161 e. The molecule has 1 atom stereocenters. The predicted molar refractivity (Wildman–Crippen MR) is 81.6 cm³/mol. The fourth-order valence-corrected chi connectivity index (χ4v) is 2.50. The summed E-state index contributed by atoms with van der Waals surface area (Å²) in [5, 5.41) is 3.40. The maximum Gasteiger partial charge on any atom is 0.161 e. The fourth-order valence-electron chi connectivity index (χ4n) is 2.50. The molecule has 1 N–H and O–H groups in total. The van der Waals surface area contributed by atoms with E-state index in [9.17, 15) is 0 Å². The van der Waals surface area contributed by atoms with Gasteiger partial charge in [-0.3, -0.25) is 0 Å². The molecule has 2 rings (SSSR count). The average Bonchev–Trinajstić information content (AvgIpc) is 2.73. The lowest BCUT2D eigenvalue weighted by molar-refractivity contribution is 0.270. The van der Waals surface area contributed by atoms with Crippen LogP contribution in [0.4, 0.5) is 0 Å². The number of ether oxygens (including phenoxy) is 2. The zero-order valence-corrected chi connectivity index (χ0v) is 12.8. The highest BCUT2D eigenvalue weighted by Crippen LogP contribution is 2.32. The van der Waals surface area contributed by atoms with E-state index in [0.717, 1.165) is 50.8 Å². The minimum Gasteiger partial charge on any atom is -0.490 e. The number of rotatable bonds is 6. The molecule has 1 heterocycles. The van der Waals surface area contributed by atoms with Crippen molar-refractivity contribution in [1.82, 2.24) is 10.2 Å². The molecule has 0 fully saturated rings. The first-order chi connectivity index (χ1) is 9.78. The lowest BCUT2D eigenvalue weighted by atomic mass is 10.1. The number of nitrogens with one attached hydrogen (secondary N) is 1. The third-order valence-corrected chi connectivity index (χ3v) is 3.86. The third-order valence-electron chi connectivity index (χ3n) is 3.86. The molecule has 0 radical (unpaired) electrons. The van der Waals surface area contributed by atoms with Crippen LogP contribution in [-0.2, 0) is 0 Å². The summed E-state index contributed by atoms with van der Waals surface area (Å²) >= 11 is 0. The maximum absolute atomic E-state index is 5.78. The molecule has 1 aromatic carbocycles. The largest absolute Gasteiger partial charge is 0.490 e. The molecule has 4 heteroatoms. The quantitative estimate of drug-likeness (QED) is 0.866. The molecular weight excluding hydrogens is 252 g/mol. The molecule has 0 aromatic heterocycles. The number of fused-ring (bicyclic) bond motifs is 1. The molecule has 0 saturated heterocycles. The van der Waals surface area contributed by atoms with Gasteiger partial charge in [-0.25, -0.2) is 0 Å². The van der Waals surface area contributed by atoms with Crippen molar-refractivity contribution in [2.75, 3.05) is 39.9 Å². The predicted octanol–water partition coefficient (Wildman–Crippen LogP) is 2.45. The van der Waals surface area contributed by atoms with Crippen LogP contribution in [0.5, 0.6) is 11.5 Å². The monoisotopic (exact) mass is 278 g/mol. The SMILES string of the molecule is CCN(CC)CC(NC)c1ccc2c(c1)OCCCO2. The van der Waals surface area contributed by atoms with Crippen molar-refractivity contribution in [3.63, 3.8) is 0 Å².